The third kappa shape index (κ3) is 3.23. The molecule has 0 fully saturated rings. The molecule has 0 saturated carbocycles. The molecule has 0 N–H and O–H groups in total. The van der Waals surface area contributed by atoms with Crippen LogP contribution in [0, 0.1) is 10.1 Å². The predicted octanol–water partition coefficient (Wildman–Crippen LogP) is 5.14. The molecule has 5 nitrogen and oxygen atoms in total. The molecule has 1 aromatic heterocycles. The van der Waals surface area contributed by atoms with Gasteiger partial charge in [-0.3, -0.25) is 10.1 Å². The molecule has 3 aromatic rings. The summed E-state index contributed by atoms with van der Waals surface area (Å²) in [5, 5.41) is 11.4. The first-order chi connectivity index (χ1) is 11.2. The molecule has 0 bridgehead atoms. The third-order valence-corrected chi connectivity index (χ3v) is 3.87. The van der Waals surface area contributed by atoms with Crippen molar-refractivity contribution in [2.75, 3.05) is 0 Å². The van der Waals surface area contributed by atoms with Crippen molar-refractivity contribution in [1.82, 2.24) is 4.98 Å². The molecule has 0 spiro atoms. The van der Waals surface area contributed by atoms with E-state index in [2.05, 4.69) is 11.9 Å². The number of hydrogen-bond donors (Lipinski definition) is 0. The van der Waals surface area contributed by atoms with Crippen molar-refractivity contribution in [2.45, 2.75) is 32.6 Å². The van der Waals surface area contributed by atoms with E-state index in [0.717, 1.165) is 36.8 Å². The molecule has 0 aliphatic carbocycles. The second-order valence-corrected chi connectivity index (χ2v) is 5.54. The van der Waals surface area contributed by atoms with Crippen LogP contribution < -0.4 is 0 Å². The molecule has 0 atom stereocenters. The second kappa shape index (κ2) is 6.60. The van der Waals surface area contributed by atoms with Gasteiger partial charge in [0.05, 0.1) is 4.92 Å². The summed E-state index contributed by atoms with van der Waals surface area (Å²) < 4.78 is 5.69. The standard InChI is InChI=1S/C18H18N2O3/c1-2-3-4-7-13-10-11-14(12-16(13)20(21)22)18-19-15-8-5-6-9-17(15)23-18/h5-6,8-12H,2-4,7H2,1H3. The largest absolute Gasteiger partial charge is 0.436 e. The smallest absolute Gasteiger partial charge is 0.273 e. The summed E-state index contributed by atoms with van der Waals surface area (Å²) in [6.45, 7) is 2.12. The zero-order valence-electron chi connectivity index (χ0n) is 13.0. The van der Waals surface area contributed by atoms with Gasteiger partial charge in [0.25, 0.3) is 5.69 Å². The minimum Gasteiger partial charge on any atom is -0.436 e. The van der Waals surface area contributed by atoms with Gasteiger partial charge in [0.1, 0.15) is 5.52 Å². The number of aromatic nitrogens is 1. The fourth-order valence-corrected chi connectivity index (χ4v) is 2.64. The fourth-order valence-electron chi connectivity index (χ4n) is 2.64. The molecule has 0 radical (unpaired) electrons. The third-order valence-electron chi connectivity index (χ3n) is 3.87. The Kier molecular flexibility index (Phi) is 4.37. The molecule has 2 aromatic carbocycles. The molecule has 5 heteroatoms. The number of para-hydroxylation sites is 2. The highest BCUT2D eigenvalue weighted by Gasteiger charge is 2.17. The van der Waals surface area contributed by atoms with Crippen molar-refractivity contribution in [3.05, 3.63) is 58.1 Å². The zero-order valence-corrected chi connectivity index (χ0v) is 13.0. The molecule has 0 aliphatic rings. The molecule has 0 aliphatic heterocycles. The van der Waals surface area contributed by atoms with Gasteiger partial charge in [0.15, 0.2) is 5.58 Å². The molecule has 0 saturated heterocycles. The first kappa shape index (κ1) is 15.2. The van der Waals surface area contributed by atoms with E-state index < -0.39 is 0 Å². The Morgan fingerprint density at radius 1 is 1.17 bits per heavy atom. The van der Waals surface area contributed by atoms with E-state index in [-0.39, 0.29) is 10.6 Å². The van der Waals surface area contributed by atoms with Crippen LogP contribution in [0.3, 0.4) is 0 Å². The molecular weight excluding hydrogens is 292 g/mol. The van der Waals surface area contributed by atoms with Crippen LogP contribution >= 0.6 is 0 Å². The Labute approximate surface area is 134 Å². The molecule has 0 amide bonds. The molecule has 1 heterocycles. The van der Waals surface area contributed by atoms with Crippen LogP contribution in [-0.4, -0.2) is 9.91 Å². The maximum Gasteiger partial charge on any atom is 0.273 e. The first-order valence-corrected chi connectivity index (χ1v) is 7.82. The normalized spacial score (nSPS) is 11.0. The van der Waals surface area contributed by atoms with Crippen LogP contribution in [0.25, 0.3) is 22.6 Å². The van der Waals surface area contributed by atoms with Crippen molar-refractivity contribution >= 4 is 16.8 Å². The number of nitrogens with zero attached hydrogens (tertiary/aromatic N) is 2. The van der Waals surface area contributed by atoms with E-state index in [0.29, 0.717) is 17.0 Å². The number of rotatable bonds is 6. The van der Waals surface area contributed by atoms with Gasteiger partial charge in [-0.2, -0.15) is 0 Å². The van der Waals surface area contributed by atoms with Gasteiger partial charge in [0.2, 0.25) is 5.89 Å². The van der Waals surface area contributed by atoms with E-state index in [9.17, 15) is 10.1 Å². The number of nitro groups is 1. The lowest BCUT2D eigenvalue weighted by Gasteiger charge is -2.04. The number of oxazole rings is 1. The van der Waals surface area contributed by atoms with Gasteiger partial charge in [-0.05, 0) is 31.0 Å². The van der Waals surface area contributed by atoms with E-state index in [4.69, 9.17) is 4.42 Å². The number of hydrogen-bond acceptors (Lipinski definition) is 4. The highest BCUT2D eigenvalue weighted by molar-refractivity contribution is 5.76. The topological polar surface area (TPSA) is 69.2 Å². The Bertz CT molecular complexity index is 806. The fraction of sp³-hybridized carbons (Fsp3) is 0.278. The average molecular weight is 310 g/mol. The summed E-state index contributed by atoms with van der Waals surface area (Å²) >= 11 is 0. The number of unbranched alkanes of at least 4 members (excludes halogenated alkanes) is 2. The van der Waals surface area contributed by atoms with Crippen molar-refractivity contribution < 1.29 is 9.34 Å². The zero-order chi connectivity index (χ0) is 16.2. The van der Waals surface area contributed by atoms with Crippen molar-refractivity contribution in [3.63, 3.8) is 0 Å². The summed E-state index contributed by atoms with van der Waals surface area (Å²) in [5.41, 5.74) is 2.96. The second-order valence-electron chi connectivity index (χ2n) is 5.54. The molecular formula is C18H18N2O3. The lowest BCUT2D eigenvalue weighted by Crippen LogP contribution is -1.96. The van der Waals surface area contributed by atoms with Gasteiger partial charge in [0, 0.05) is 17.2 Å². The molecule has 118 valence electrons. The number of nitro benzene ring substituents is 1. The van der Waals surface area contributed by atoms with E-state index in [1.54, 1.807) is 6.07 Å². The van der Waals surface area contributed by atoms with Crippen molar-refractivity contribution in [3.8, 4) is 11.5 Å². The monoisotopic (exact) mass is 310 g/mol. The maximum atomic E-state index is 11.4. The minimum absolute atomic E-state index is 0.140. The van der Waals surface area contributed by atoms with Crippen LogP contribution in [0.5, 0.6) is 0 Å². The summed E-state index contributed by atoms with van der Waals surface area (Å²) in [6.07, 6.45) is 3.84. The van der Waals surface area contributed by atoms with Crippen LogP contribution in [0.1, 0.15) is 31.7 Å². The first-order valence-electron chi connectivity index (χ1n) is 7.82. The highest BCUT2D eigenvalue weighted by atomic mass is 16.6. The molecule has 0 unspecified atom stereocenters. The van der Waals surface area contributed by atoms with Gasteiger partial charge >= 0.3 is 0 Å². The Hall–Kier alpha value is -2.69. The summed E-state index contributed by atoms with van der Waals surface area (Å²) in [7, 11) is 0. The Morgan fingerprint density at radius 2 is 2.00 bits per heavy atom. The van der Waals surface area contributed by atoms with Crippen LogP contribution in [0.15, 0.2) is 46.9 Å². The van der Waals surface area contributed by atoms with Gasteiger partial charge in [-0.1, -0.05) is 38.0 Å². The maximum absolute atomic E-state index is 11.4. The van der Waals surface area contributed by atoms with E-state index in [1.807, 2.05) is 36.4 Å². The number of benzene rings is 2. The van der Waals surface area contributed by atoms with Crippen LogP contribution in [-0.2, 0) is 6.42 Å². The average Bonchev–Trinajstić information content (AvgIpc) is 2.99. The summed E-state index contributed by atoms with van der Waals surface area (Å²) in [4.78, 5) is 15.4. The van der Waals surface area contributed by atoms with Gasteiger partial charge in [-0.15, -0.1) is 0 Å². The summed E-state index contributed by atoms with van der Waals surface area (Å²) in [5.74, 6) is 0.411. The van der Waals surface area contributed by atoms with Gasteiger partial charge < -0.3 is 4.42 Å². The molecule has 3 rings (SSSR count). The summed E-state index contributed by atoms with van der Waals surface area (Å²) in [6, 6.07) is 12.7. The minimum atomic E-state index is -0.326. The highest BCUT2D eigenvalue weighted by Crippen LogP contribution is 2.30. The number of fused-ring (bicyclic) bond motifs is 1. The van der Waals surface area contributed by atoms with E-state index >= 15 is 0 Å². The lowest BCUT2D eigenvalue weighted by atomic mass is 10.0. The SMILES string of the molecule is CCCCCc1ccc(-c2nc3ccccc3o2)cc1[N+](=O)[O-]. The lowest BCUT2D eigenvalue weighted by molar-refractivity contribution is -0.385. The number of aryl methyl sites for hydroxylation is 1. The van der Waals surface area contributed by atoms with Crippen molar-refractivity contribution in [2.24, 2.45) is 0 Å². The Balaban J connectivity index is 1.96. The van der Waals surface area contributed by atoms with Crippen LogP contribution in [0.4, 0.5) is 5.69 Å². The predicted molar refractivity (Wildman–Crippen MR) is 89.3 cm³/mol. The molecule has 23 heavy (non-hydrogen) atoms. The Morgan fingerprint density at radius 3 is 2.74 bits per heavy atom. The van der Waals surface area contributed by atoms with Crippen LogP contribution in [0.2, 0.25) is 0 Å². The van der Waals surface area contributed by atoms with Crippen molar-refractivity contribution in [1.29, 1.82) is 0 Å². The van der Waals surface area contributed by atoms with Gasteiger partial charge in [-0.25, -0.2) is 4.98 Å². The quantitative estimate of drug-likeness (QED) is 0.359. The van der Waals surface area contributed by atoms with E-state index in [1.165, 1.54) is 0 Å².